The lowest BCUT2D eigenvalue weighted by atomic mass is 10.2. The van der Waals surface area contributed by atoms with Crippen molar-refractivity contribution in [1.29, 1.82) is 0 Å². The molecule has 1 amide bonds. The number of hydrogen-bond acceptors (Lipinski definition) is 4. The van der Waals surface area contributed by atoms with E-state index in [1.807, 2.05) is 12.1 Å². The van der Waals surface area contributed by atoms with Gasteiger partial charge in [0, 0.05) is 26.6 Å². The third-order valence-electron chi connectivity index (χ3n) is 2.94. The van der Waals surface area contributed by atoms with Gasteiger partial charge in [-0.1, -0.05) is 0 Å². The number of aromatic nitrogens is 3. The third kappa shape index (κ3) is 3.11. The third-order valence-corrected chi connectivity index (χ3v) is 2.94. The van der Waals surface area contributed by atoms with E-state index in [0.29, 0.717) is 5.82 Å². The zero-order valence-corrected chi connectivity index (χ0v) is 11.7. The van der Waals surface area contributed by atoms with Gasteiger partial charge in [-0.2, -0.15) is 5.10 Å². The highest BCUT2D eigenvalue weighted by molar-refractivity contribution is 5.99. The Balaban J connectivity index is 2.26. The number of nitrogens with zero attached hydrogens (tertiary/aromatic N) is 3. The molecular weight excluding hydrogens is 276 g/mol. The first-order valence-electron chi connectivity index (χ1n) is 6.22. The fourth-order valence-corrected chi connectivity index (χ4v) is 1.95. The number of hydrogen-bond donors (Lipinski definition) is 2. The first-order chi connectivity index (χ1) is 10.0. The van der Waals surface area contributed by atoms with Crippen molar-refractivity contribution in [3.63, 3.8) is 0 Å². The van der Waals surface area contributed by atoms with Crippen LogP contribution in [0.4, 0.5) is 0 Å². The molecule has 0 saturated carbocycles. The molecule has 0 spiro atoms. The van der Waals surface area contributed by atoms with E-state index >= 15 is 0 Å². The minimum atomic E-state index is -1.16. The lowest BCUT2D eigenvalue weighted by Gasteiger charge is -2.14. The van der Waals surface area contributed by atoms with Crippen molar-refractivity contribution in [2.45, 2.75) is 6.04 Å². The molecule has 0 fully saturated rings. The number of rotatable bonds is 6. The summed E-state index contributed by atoms with van der Waals surface area (Å²) >= 11 is 0. The highest BCUT2D eigenvalue weighted by atomic mass is 16.5. The van der Waals surface area contributed by atoms with Crippen molar-refractivity contribution >= 4 is 11.9 Å². The fourth-order valence-electron chi connectivity index (χ4n) is 1.95. The number of nitrogens with one attached hydrogen (secondary N) is 1. The number of amides is 1. The van der Waals surface area contributed by atoms with Crippen LogP contribution in [-0.4, -0.2) is 51.1 Å². The molecule has 0 aromatic carbocycles. The van der Waals surface area contributed by atoms with Gasteiger partial charge in [-0.05, 0) is 12.1 Å². The highest BCUT2D eigenvalue weighted by Gasteiger charge is 2.24. The van der Waals surface area contributed by atoms with E-state index in [1.54, 1.807) is 28.7 Å². The first-order valence-corrected chi connectivity index (χ1v) is 6.22. The topological polar surface area (TPSA) is 98.4 Å². The summed E-state index contributed by atoms with van der Waals surface area (Å²) in [7, 11) is 3.08. The molecule has 21 heavy (non-hydrogen) atoms. The van der Waals surface area contributed by atoms with E-state index in [-0.39, 0.29) is 12.2 Å². The van der Waals surface area contributed by atoms with Crippen LogP contribution < -0.4 is 5.32 Å². The lowest BCUT2D eigenvalue weighted by Crippen LogP contribution is -2.44. The van der Waals surface area contributed by atoms with Crippen LogP contribution in [0, 0.1) is 0 Å². The Bertz CT molecular complexity index is 633. The van der Waals surface area contributed by atoms with E-state index in [9.17, 15) is 9.59 Å². The molecule has 0 aliphatic rings. The number of carboxylic acids is 1. The summed E-state index contributed by atoms with van der Waals surface area (Å²) in [6.07, 6.45) is 4.95. The quantitative estimate of drug-likeness (QED) is 0.783. The summed E-state index contributed by atoms with van der Waals surface area (Å²) in [5.74, 6) is -1.12. The van der Waals surface area contributed by atoms with Gasteiger partial charge in [0.1, 0.15) is 11.4 Å². The van der Waals surface area contributed by atoms with Crippen molar-refractivity contribution in [3.05, 3.63) is 36.3 Å². The van der Waals surface area contributed by atoms with Crippen LogP contribution in [0.1, 0.15) is 10.4 Å². The molecule has 8 heteroatoms. The van der Waals surface area contributed by atoms with Crippen molar-refractivity contribution < 1.29 is 19.4 Å². The van der Waals surface area contributed by atoms with Crippen molar-refractivity contribution in [1.82, 2.24) is 19.7 Å². The SMILES string of the molecule is COCC(NC(=O)c1cnn(C)c1-n1cccc1)C(=O)O. The molecule has 2 aromatic rings. The maximum absolute atomic E-state index is 12.3. The predicted octanol–water partition coefficient (Wildman–Crippen LogP) is 0.0402. The second kappa shape index (κ2) is 6.23. The highest BCUT2D eigenvalue weighted by Crippen LogP contribution is 2.14. The molecule has 0 aliphatic carbocycles. The van der Waals surface area contributed by atoms with E-state index in [1.165, 1.54) is 13.3 Å². The molecule has 0 aliphatic heterocycles. The number of ether oxygens (including phenoxy) is 1. The van der Waals surface area contributed by atoms with E-state index in [2.05, 4.69) is 10.4 Å². The van der Waals surface area contributed by atoms with Crippen LogP contribution in [0.5, 0.6) is 0 Å². The Morgan fingerprint density at radius 1 is 1.43 bits per heavy atom. The number of methoxy groups -OCH3 is 1. The van der Waals surface area contributed by atoms with Crippen LogP contribution >= 0.6 is 0 Å². The van der Waals surface area contributed by atoms with E-state index < -0.39 is 17.9 Å². The Labute approximate surface area is 120 Å². The zero-order valence-electron chi connectivity index (χ0n) is 11.7. The summed E-state index contributed by atoms with van der Waals surface area (Å²) in [6.45, 7) is -0.111. The van der Waals surface area contributed by atoms with Crippen molar-refractivity contribution in [3.8, 4) is 5.82 Å². The number of carbonyl (C=O) groups is 2. The Morgan fingerprint density at radius 3 is 2.67 bits per heavy atom. The van der Waals surface area contributed by atoms with Crippen LogP contribution in [0.25, 0.3) is 5.82 Å². The van der Waals surface area contributed by atoms with Crippen molar-refractivity contribution in [2.24, 2.45) is 7.05 Å². The zero-order chi connectivity index (χ0) is 15.4. The summed E-state index contributed by atoms with van der Waals surface area (Å²) in [6, 6.07) is 2.53. The predicted molar refractivity (Wildman–Crippen MR) is 73.3 cm³/mol. The first kappa shape index (κ1) is 14.8. The molecule has 8 nitrogen and oxygen atoms in total. The average molecular weight is 292 g/mol. The molecule has 0 saturated heterocycles. The van der Waals surface area contributed by atoms with Gasteiger partial charge in [-0.15, -0.1) is 0 Å². The lowest BCUT2D eigenvalue weighted by molar-refractivity contribution is -0.140. The molecule has 1 atom stereocenters. The van der Waals surface area contributed by atoms with Gasteiger partial charge in [-0.3, -0.25) is 9.48 Å². The maximum Gasteiger partial charge on any atom is 0.328 e. The molecule has 0 bridgehead atoms. The van der Waals surface area contributed by atoms with Gasteiger partial charge in [0.05, 0.1) is 12.8 Å². The van der Waals surface area contributed by atoms with Gasteiger partial charge in [0.25, 0.3) is 5.91 Å². The molecule has 2 N–H and O–H groups in total. The molecule has 2 aromatic heterocycles. The summed E-state index contributed by atoms with van der Waals surface area (Å²) in [5.41, 5.74) is 0.288. The minimum absolute atomic E-state index is 0.111. The number of carbonyl (C=O) groups excluding carboxylic acids is 1. The molecule has 2 rings (SSSR count). The van der Waals surface area contributed by atoms with Crippen LogP contribution in [0.2, 0.25) is 0 Å². The standard InChI is InChI=1S/C13H16N4O4/c1-16-12(17-5-3-4-6-17)9(7-14-16)11(18)15-10(8-21-2)13(19)20/h3-7,10H,8H2,1-2H3,(H,15,18)(H,19,20). The fraction of sp³-hybridized carbons (Fsp3) is 0.308. The number of aryl methyl sites for hydroxylation is 1. The van der Waals surface area contributed by atoms with E-state index in [4.69, 9.17) is 9.84 Å². The van der Waals surface area contributed by atoms with Gasteiger partial charge < -0.3 is 19.7 Å². The maximum atomic E-state index is 12.3. The van der Waals surface area contributed by atoms with E-state index in [0.717, 1.165) is 0 Å². The Kier molecular flexibility index (Phi) is 4.39. The largest absolute Gasteiger partial charge is 0.480 e. The van der Waals surface area contributed by atoms with Gasteiger partial charge in [-0.25, -0.2) is 4.79 Å². The average Bonchev–Trinajstić information content (AvgIpc) is 3.06. The molecule has 112 valence electrons. The Morgan fingerprint density at radius 2 is 2.10 bits per heavy atom. The number of aliphatic carboxylic acids is 1. The second-order valence-electron chi connectivity index (χ2n) is 4.42. The van der Waals surface area contributed by atoms with Crippen LogP contribution in [-0.2, 0) is 16.6 Å². The monoisotopic (exact) mass is 292 g/mol. The van der Waals surface area contributed by atoms with Crippen LogP contribution in [0.15, 0.2) is 30.7 Å². The Hall–Kier alpha value is -2.61. The minimum Gasteiger partial charge on any atom is -0.480 e. The van der Waals surface area contributed by atoms with Gasteiger partial charge in [0.15, 0.2) is 6.04 Å². The molecule has 1 unspecified atom stereocenters. The smallest absolute Gasteiger partial charge is 0.328 e. The second-order valence-corrected chi connectivity index (χ2v) is 4.42. The number of carboxylic acid groups (broad SMARTS) is 1. The summed E-state index contributed by atoms with van der Waals surface area (Å²) in [4.78, 5) is 23.3. The van der Waals surface area contributed by atoms with Crippen molar-refractivity contribution in [2.75, 3.05) is 13.7 Å². The molecule has 2 heterocycles. The summed E-state index contributed by atoms with van der Waals surface area (Å²) in [5, 5.41) is 15.5. The molecular formula is C13H16N4O4. The van der Waals surface area contributed by atoms with Gasteiger partial charge in [0.2, 0.25) is 0 Å². The van der Waals surface area contributed by atoms with Crippen LogP contribution in [0.3, 0.4) is 0 Å². The normalized spacial score (nSPS) is 12.1. The molecule has 0 radical (unpaired) electrons. The van der Waals surface area contributed by atoms with Gasteiger partial charge >= 0.3 is 5.97 Å². The summed E-state index contributed by atoms with van der Waals surface area (Å²) < 4.78 is 8.06.